The van der Waals surface area contributed by atoms with Gasteiger partial charge in [0.25, 0.3) is 21.6 Å². The molecular formula is C50H56ClN7O9S. The quantitative estimate of drug-likeness (QED) is 0.0892. The van der Waals surface area contributed by atoms with Crippen molar-refractivity contribution in [2.75, 3.05) is 64.4 Å². The van der Waals surface area contributed by atoms with Crippen LogP contribution in [0.4, 0.5) is 16.2 Å². The molecule has 2 aromatic heterocycles. The summed E-state index contributed by atoms with van der Waals surface area (Å²) >= 11 is 6.25. The zero-order chi connectivity index (χ0) is 47.7. The van der Waals surface area contributed by atoms with Crippen molar-refractivity contribution in [2.45, 2.75) is 63.7 Å². The van der Waals surface area contributed by atoms with Crippen molar-refractivity contribution in [1.29, 1.82) is 0 Å². The summed E-state index contributed by atoms with van der Waals surface area (Å²) in [4.78, 5) is 51.3. The SMILES string of the molecule is COC(=O)N1CCC(C[C@@H]2COc3cc(S(=O)(=O)NC(=O)c4ccc(N5CCN(CC6=C(c7ccc(Cl)cc7)CC(C)(C)CC6)CC5)cc4Oc4cnc5[nH]ccc5c4)cc([N+](=O)[O-])c3C2)CC1. The fraction of sp³-hybridized carbons (Fsp3) is 0.420. The number of carbonyl (C=O) groups excluding carboxylic acids is 2. The lowest BCUT2D eigenvalue weighted by Gasteiger charge is -2.39. The highest BCUT2D eigenvalue weighted by atomic mass is 35.5. The second-order valence-corrected chi connectivity index (χ2v) is 21.3. The number of aromatic amines is 1. The number of nitro groups is 1. The molecule has 4 aliphatic rings. The summed E-state index contributed by atoms with van der Waals surface area (Å²) in [6.45, 7) is 9.94. The molecule has 0 saturated carbocycles. The van der Waals surface area contributed by atoms with Crippen LogP contribution < -0.4 is 19.1 Å². The minimum absolute atomic E-state index is 0.0440. The van der Waals surface area contributed by atoms with Crippen molar-refractivity contribution in [1.82, 2.24) is 24.5 Å². The number of ether oxygens (including phenoxy) is 3. The van der Waals surface area contributed by atoms with Gasteiger partial charge in [0.2, 0.25) is 0 Å². The Morgan fingerprint density at radius 2 is 1.76 bits per heavy atom. The lowest BCUT2D eigenvalue weighted by atomic mass is 9.72. The molecule has 5 heterocycles. The van der Waals surface area contributed by atoms with E-state index in [1.807, 2.05) is 18.2 Å². The van der Waals surface area contributed by atoms with Crippen LogP contribution in [0.25, 0.3) is 16.6 Å². The molecule has 68 heavy (non-hydrogen) atoms. The highest BCUT2D eigenvalue weighted by molar-refractivity contribution is 7.90. The maximum absolute atomic E-state index is 14.1. The van der Waals surface area contributed by atoms with E-state index in [9.17, 15) is 28.1 Å². The summed E-state index contributed by atoms with van der Waals surface area (Å²) in [5.74, 6) is -0.197. The van der Waals surface area contributed by atoms with E-state index in [2.05, 4.69) is 50.5 Å². The van der Waals surface area contributed by atoms with Crippen LogP contribution in [-0.4, -0.2) is 105 Å². The van der Waals surface area contributed by atoms with Gasteiger partial charge in [0.15, 0.2) is 0 Å². The number of methoxy groups -OCH3 is 1. The van der Waals surface area contributed by atoms with E-state index < -0.39 is 31.4 Å². The van der Waals surface area contributed by atoms with Gasteiger partial charge in [0.05, 0.1) is 40.9 Å². The van der Waals surface area contributed by atoms with Crippen LogP contribution >= 0.6 is 11.6 Å². The summed E-state index contributed by atoms with van der Waals surface area (Å²) in [7, 11) is -3.31. The summed E-state index contributed by atoms with van der Waals surface area (Å²) < 4.78 is 47.4. The van der Waals surface area contributed by atoms with Crippen molar-refractivity contribution in [3.8, 4) is 17.2 Å². The molecule has 0 bridgehead atoms. The summed E-state index contributed by atoms with van der Waals surface area (Å²) in [6.07, 6.45) is 8.69. The number of nitro benzene ring substituents is 1. The predicted molar refractivity (Wildman–Crippen MR) is 259 cm³/mol. The second kappa shape index (κ2) is 19.4. The number of sulfonamides is 1. The molecule has 2 amide bonds. The fourth-order valence-electron chi connectivity index (χ4n) is 10.1. The van der Waals surface area contributed by atoms with E-state index in [4.69, 9.17) is 25.8 Å². The van der Waals surface area contributed by atoms with Crippen LogP contribution in [0.3, 0.4) is 0 Å². The average Bonchev–Trinajstić information content (AvgIpc) is 3.80. The Kier molecular flexibility index (Phi) is 13.4. The number of likely N-dealkylation sites (tertiary alicyclic amines) is 1. The number of nitrogens with zero attached hydrogens (tertiary/aromatic N) is 5. The Hall–Kier alpha value is -6.17. The van der Waals surface area contributed by atoms with E-state index in [-0.39, 0.29) is 41.1 Å². The topological polar surface area (TPSA) is 190 Å². The molecule has 18 heteroatoms. The first-order chi connectivity index (χ1) is 32.6. The van der Waals surface area contributed by atoms with E-state index in [1.54, 1.807) is 29.3 Å². The predicted octanol–water partition coefficient (Wildman–Crippen LogP) is 9.24. The van der Waals surface area contributed by atoms with Crippen LogP contribution in [0.1, 0.15) is 73.9 Å². The van der Waals surface area contributed by atoms with E-state index >= 15 is 0 Å². The zero-order valence-electron chi connectivity index (χ0n) is 38.5. The van der Waals surface area contributed by atoms with Crippen LogP contribution in [0, 0.1) is 27.4 Å². The molecule has 358 valence electrons. The van der Waals surface area contributed by atoms with Gasteiger partial charge in [-0.2, -0.15) is 0 Å². The number of hydrogen-bond donors (Lipinski definition) is 2. The van der Waals surface area contributed by atoms with E-state index in [0.29, 0.717) is 55.5 Å². The van der Waals surface area contributed by atoms with E-state index in [0.717, 1.165) is 80.3 Å². The number of hydrogen-bond acceptors (Lipinski definition) is 12. The number of nitrogens with one attached hydrogen (secondary N) is 2. The Morgan fingerprint density at radius 3 is 2.50 bits per heavy atom. The lowest BCUT2D eigenvalue weighted by molar-refractivity contribution is -0.386. The minimum atomic E-state index is -4.66. The Labute approximate surface area is 400 Å². The number of rotatable bonds is 12. The number of halogens is 1. The number of aromatic nitrogens is 2. The van der Waals surface area contributed by atoms with Gasteiger partial charge in [-0.25, -0.2) is 22.9 Å². The number of fused-ring (bicyclic) bond motifs is 2. The van der Waals surface area contributed by atoms with Crippen molar-refractivity contribution in [3.63, 3.8) is 0 Å². The molecule has 1 atom stereocenters. The Bertz CT molecular complexity index is 2870. The number of H-pyrrole nitrogens is 1. The number of amides is 2. The van der Waals surface area contributed by atoms with Crippen molar-refractivity contribution in [2.24, 2.45) is 17.3 Å². The smallest absolute Gasteiger partial charge is 0.409 e. The minimum Gasteiger partial charge on any atom is -0.493 e. The molecule has 0 radical (unpaired) electrons. The van der Waals surface area contributed by atoms with Gasteiger partial charge in [-0.05, 0) is 110 Å². The van der Waals surface area contributed by atoms with E-state index in [1.165, 1.54) is 42.1 Å². The van der Waals surface area contributed by atoms with Gasteiger partial charge in [-0.1, -0.05) is 43.2 Å². The normalized spacial score (nSPS) is 19.0. The number of pyridine rings is 1. The number of anilines is 1. The van der Waals surface area contributed by atoms with Crippen LogP contribution in [0.5, 0.6) is 17.2 Å². The molecule has 3 aromatic carbocycles. The molecule has 0 unspecified atom stereocenters. The molecule has 3 aliphatic heterocycles. The summed E-state index contributed by atoms with van der Waals surface area (Å²) in [5, 5.41) is 14.0. The average molecular weight is 967 g/mol. The maximum Gasteiger partial charge on any atom is 0.409 e. The lowest BCUT2D eigenvalue weighted by Crippen LogP contribution is -2.47. The Balaban J connectivity index is 0.916. The monoisotopic (exact) mass is 965 g/mol. The summed E-state index contributed by atoms with van der Waals surface area (Å²) in [5.41, 5.74) is 5.59. The second-order valence-electron chi connectivity index (χ2n) is 19.2. The maximum atomic E-state index is 14.1. The van der Waals surface area contributed by atoms with Gasteiger partial charge < -0.3 is 29.0 Å². The largest absolute Gasteiger partial charge is 0.493 e. The van der Waals surface area contributed by atoms with Gasteiger partial charge in [-0.3, -0.25) is 19.8 Å². The van der Waals surface area contributed by atoms with Gasteiger partial charge in [-0.15, -0.1) is 0 Å². The highest BCUT2D eigenvalue weighted by Gasteiger charge is 2.35. The van der Waals surface area contributed by atoms with Crippen LogP contribution in [0.2, 0.25) is 5.02 Å². The third kappa shape index (κ3) is 10.4. The highest BCUT2D eigenvalue weighted by Crippen LogP contribution is 2.44. The van der Waals surface area contributed by atoms with Crippen LogP contribution in [0.15, 0.2) is 89.6 Å². The molecule has 1 aliphatic carbocycles. The molecule has 0 spiro atoms. The molecule has 2 saturated heterocycles. The zero-order valence-corrected chi connectivity index (χ0v) is 40.0. The van der Waals surface area contributed by atoms with Gasteiger partial charge in [0, 0.05) is 86.3 Å². The van der Waals surface area contributed by atoms with Crippen molar-refractivity contribution < 1.29 is 37.1 Å². The van der Waals surface area contributed by atoms with Crippen molar-refractivity contribution >= 4 is 61.6 Å². The summed E-state index contributed by atoms with van der Waals surface area (Å²) in [6, 6.07) is 19.0. The number of carbonyl (C=O) groups is 2. The Morgan fingerprint density at radius 1 is 1.00 bits per heavy atom. The van der Waals surface area contributed by atoms with Gasteiger partial charge in [0.1, 0.15) is 22.9 Å². The third-order valence-corrected chi connectivity index (χ3v) is 15.5. The first-order valence-electron chi connectivity index (χ1n) is 23.1. The van der Waals surface area contributed by atoms with Crippen LogP contribution in [-0.2, 0) is 21.2 Å². The molecule has 9 rings (SSSR count). The molecule has 2 N–H and O–H groups in total. The molecule has 2 fully saturated rings. The molecule has 16 nitrogen and oxygen atoms in total. The number of piperazine rings is 1. The molecular weight excluding hydrogens is 910 g/mol. The standard InChI is InChI=1S/C50H56ClN7O9S/c1-50(2)14-10-36(43(28-50)34-4-6-37(51)7-5-34)30-55-18-20-56(21-19-55)38-8-9-41(46(25-38)67-39-24-35-11-15-52-47(35)53-29-39)48(59)54-68(63,64)40-26-44(58(61)62)42-23-33(31-66-45(42)27-40)22-32-12-16-57(17-13-32)49(60)65-3/h4-9,11,15,24-27,29,32-33H,10,12-14,16-23,28,30-31H2,1-3H3,(H,52,53)(H,54,59)/t33-/m0/s1. The third-order valence-electron chi connectivity index (χ3n) is 13.9. The first-order valence-corrected chi connectivity index (χ1v) is 25.0. The van der Waals surface area contributed by atoms with Crippen molar-refractivity contribution in [3.05, 3.63) is 117 Å². The number of benzene rings is 3. The molecule has 5 aromatic rings. The number of piperidine rings is 1. The first kappa shape index (κ1) is 46.9. The number of allylic oxidation sites excluding steroid dienone is 1. The fourth-order valence-corrected chi connectivity index (χ4v) is 11.3. The van der Waals surface area contributed by atoms with Gasteiger partial charge >= 0.3 is 6.09 Å².